The van der Waals surface area contributed by atoms with Crippen LogP contribution in [0, 0.1) is 11.8 Å². The summed E-state index contributed by atoms with van der Waals surface area (Å²) in [5.74, 6) is 2.50. The number of hydrogen-bond acceptors (Lipinski definition) is 1. The molecule has 1 heteroatoms. The Bertz CT molecular complexity index is 572. The van der Waals surface area contributed by atoms with E-state index in [0.717, 1.165) is 11.8 Å². The fourth-order valence-corrected chi connectivity index (χ4v) is 6.46. The Kier molecular flexibility index (Phi) is 2.42. The second-order valence-electron chi connectivity index (χ2n) is 8.59. The number of hydrogen-bond donors (Lipinski definition) is 1. The van der Waals surface area contributed by atoms with Gasteiger partial charge >= 0.3 is 0 Å². The van der Waals surface area contributed by atoms with Crippen molar-refractivity contribution in [2.75, 3.05) is 0 Å². The number of fused-ring (bicyclic) bond motifs is 4. The molecule has 4 aliphatic rings. The summed E-state index contributed by atoms with van der Waals surface area (Å²) in [6, 6.07) is 6.70. The summed E-state index contributed by atoms with van der Waals surface area (Å²) in [6.45, 7) is 0. The van der Waals surface area contributed by atoms with Crippen LogP contribution in [0.25, 0.3) is 0 Å². The van der Waals surface area contributed by atoms with E-state index in [1.807, 2.05) is 6.07 Å². The molecule has 0 atom stereocenters. The van der Waals surface area contributed by atoms with E-state index in [2.05, 4.69) is 12.1 Å². The normalized spacial score (nSPS) is 43.8. The van der Waals surface area contributed by atoms with E-state index in [4.69, 9.17) is 0 Å². The van der Waals surface area contributed by atoms with Crippen LogP contribution in [0.15, 0.2) is 18.2 Å². The van der Waals surface area contributed by atoms with E-state index in [1.54, 1.807) is 5.56 Å². The molecule has 112 valence electrons. The molecule has 5 rings (SSSR count). The van der Waals surface area contributed by atoms with Gasteiger partial charge in [-0.05, 0) is 98.5 Å². The van der Waals surface area contributed by atoms with Crippen molar-refractivity contribution in [2.24, 2.45) is 11.8 Å². The Balaban J connectivity index is 1.59. The van der Waals surface area contributed by atoms with Gasteiger partial charge in [-0.3, -0.25) is 0 Å². The van der Waals surface area contributed by atoms with Gasteiger partial charge in [0.25, 0.3) is 0 Å². The Morgan fingerprint density at radius 3 is 1.90 bits per heavy atom. The standard InChI is InChI=1S/C20H26O/c21-18-2-1-16(19-7-3-14(12-19)4-8-19)11-17(18)20-9-5-15(13-20)6-10-20/h1-2,11,14-15,21H,3-10,12-13H2. The zero-order valence-electron chi connectivity index (χ0n) is 12.9. The molecule has 1 aromatic rings. The van der Waals surface area contributed by atoms with E-state index < -0.39 is 0 Å². The highest BCUT2D eigenvalue weighted by Gasteiger charge is 2.49. The number of aromatic hydroxyl groups is 1. The van der Waals surface area contributed by atoms with Gasteiger partial charge in [-0.1, -0.05) is 12.1 Å². The van der Waals surface area contributed by atoms with Gasteiger partial charge in [-0.15, -0.1) is 0 Å². The highest BCUT2D eigenvalue weighted by atomic mass is 16.3. The van der Waals surface area contributed by atoms with Crippen molar-refractivity contribution in [1.29, 1.82) is 0 Å². The third-order valence-electron chi connectivity index (χ3n) is 7.66. The largest absolute Gasteiger partial charge is 0.508 e. The van der Waals surface area contributed by atoms with Crippen LogP contribution < -0.4 is 0 Å². The van der Waals surface area contributed by atoms with Crippen molar-refractivity contribution in [3.05, 3.63) is 29.3 Å². The maximum absolute atomic E-state index is 10.5. The molecule has 0 aromatic heterocycles. The summed E-state index contributed by atoms with van der Waals surface area (Å²) in [4.78, 5) is 0. The molecule has 1 nitrogen and oxygen atoms in total. The van der Waals surface area contributed by atoms with Crippen LogP contribution in [0.3, 0.4) is 0 Å². The molecule has 4 bridgehead atoms. The Morgan fingerprint density at radius 1 is 0.810 bits per heavy atom. The zero-order valence-corrected chi connectivity index (χ0v) is 12.9. The van der Waals surface area contributed by atoms with Gasteiger partial charge in [0, 0.05) is 5.56 Å². The van der Waals surface area contributed by atoms with E-state index in [-0.39, 0.29) is 0 Å². The molecule has 4 aliphatic carbocycles. The minimum atomic E-state index is 0.331. The summed E-state index contributed by atoms with van der Waals surface area (Å²) >= 11 is 0. The maximum atomic E-state index is 10.5. The van der Waals surface area contributed by atoms with Gasteiger partial charge in [0.15, 0.2) is 0 Å². The molecule has 0 radical (unpaired) electrons. The van der Waals surface area contributed by atoms with Gasteiger partial charge in [0.2, 0.25) is 0 Å². The molecule has 0 spiro atoms. The van der Waals surface area contributed by atoms with E-state index in [9.17, 15) is 5.11 Å². The predicted molar refractivity (Wildman–Crippen MR) is 84.6 cm³/mol. The van der Waals surface area contributed by atoms with Crippen LogP contribution in [0.5, 0.6) is 5.75 Å². The van der Waals surface area contributed by atoms with Gasteiger partial charge in [-0.2, -0.15) is 0 Å². The smallest absolute Gasteiger partial charge is 0.119 e. The Labute approximate surface area is 127 Å². The molecule has 1 aromatic carbocycles. The molecule has 4 fully saturated rings. The fourth-order valence-electron chi connectivity index (χ4n) is 6.46. The van der Waals surface area contributed by atoms with E-state index in [1.165, 1.54) is 69.8 Å². The van der Waals surface area contributed by atoms with E-state index in [0.29, 0.717) is 16.6 Å². The summed E-state index contributed by atoms with van der Waals surface area (Å²) in [6.07, 6.45) is 13.8. The van der Waals surface area contributed by atoms with Crippen LogP contribution in [0.2, 0.25) is 0 Å². The lowest BCUT2D eigenvalue weighted by Gasteiger charge is -2.32. The maximum Gasteiger partial charge on any atom is 0.119 e. The molecule has 1 N–H and O–H groups in total. The second kappa shape index (κ2) is 4.06. The Hall–Kier alpha value is -0.980. The topological polar surface area (TPSA) is 20.2 Å². The first-order chi connectivity index (χ1) is 10.2. The molecule has 0 aliphatic heterocycles. The van der Waals surface area contributed by atoms with Crippen LogP contribution >= 0.6 is 0 Å². The van der Waals surface area contributed by atoms with Crippen molar-refractivity contribution in [2.45, 2.75) is 75.0 Å². The number of phenols is 1. The predicted octanol–water partition coefficient (Wildman–Crippen LogP) is 5.06. The molecule has 0 amide bonds. The zero-order chi connectivity index (χ0) is 14.1. The minimum absolute atomic E-state index is 0.331. The monoisotopic (exact) mass is 282 g/mol. The molecule has 0 heterocycles. The van der Waals surface area contributed by atoms with Crippen LogP contribution in [0.1, 0.15) is 75.3 Å². The highest BCUT2D eigenvalue weighted by Crippen LogP contribution is 2.59. The second-order valence-corrected chi connectivity index (χ2v) is 8.59. The highest BCUT2D eigenvalue weighted by molar-refractivity contribution is 5.46. The third kappa shape index (κ3) is 1.64. The SMILES string of the molecule is Oc1ccc(C23CCC(CC2)C3)cc1C12CCC(CC1)C2. The van der Waals surface area contributed by atoms with Gasteiger partial charge < -0.3 is 5.11 Å². The molecule has 0 saturated heterocycles. The molecule has 4 saturated carbocycles. The third-order valence-corrected chi connectivity index (χ3v) is 7.66. The van der Waals surface area contributed by atoms with Crippen molar-refractivity contribution in [3.8, 4) is 5.75 Å². The van der Waals surface area contributed by atoms with Crippen molar-refractivity contribution >= 4 is 0 Å². The summed E-state index contributed by atoms with van der Waals surface area (Å²) in [5.41, 5.74) is 3.67. The lowest BCUT2D eigenvalue weighted by Crippen LogP contribution is -2.23. The lowest BCUT2D eigenvalue weighted by molar-refractivity contribution is 0.383. The van der Waals surface area contributed by atoms with Crippen molar-refractivity contribution in [1.82, 2.24) is 0 Å². The molecule has 21 heavy (non-hydrogen) atoms. The quantitative estimate of drug-likeness (QED) is 0.804. The van der Waals surface area contributed by atoms with Gasteiger partial charge in [-0.25, -0.2) is 0 Å². The lowest BCUT2D eigenvalue weighted by atomic mass is 9.72. The average molecular weight is 282 g/mol. The van der Waals surface area contributed by atoms with E-state index >= 15 is 0 Å². The summed E-state index contributed by atoms with van der Waals surface area (Å²) in [7, 11) is 0. The van der Waals surface area contributed by atoms with Crippen molar-refractivity contribution < 1.29 is 5.11 Å². The molecule has 0 unspecified atom stereocenters. The summed E-state index contributed by atoms with van der Waals surface area (Å²) < 4.78 is 0. The van der Waals surface area contributed by atoms with Crippen LogP contribution in [0.4, 0.5) is 0 Å². The number of phenolic OH excluding ortho intramolecular Hbond substituents is 1. The fraction of sp³-hybridized carbons (Fsp3) is 0.700. The molecular formula is C20H26O. The molecular weight excluding hydrogens is 256 g/mol. The number of rotatable bonds is 2. The summed E-state index contributed by atoms with van der Waals surface area (Å²) in [5, 5.41) is 10.5. The Morgan fingerprint density at radius 2 is 1.38 bits per heavy atom. The first kappa shape index (κ1) is 12.6. The van der Waals surface area contributed by atoms with Crippen LogP contribution in [-0.4, -0.2) is 5.11 Å². The van der Waals surface area contributed by atoms with Crippen molar-refractivity contribution in [3.63, 3.8) is 0 Å². The van der Waals surface area contributed by atoms with Crippen LogP contribution in [-0.2, 0) is 10.8 Å². The first-order valence-electron chi connectivity index (χ1n) is 9.03. The average Bonchev–Trinajstić information content (AvgIpc) is 3.28. The van der Waals surface area contributed by atoms with Gasteiger partial charge in [0.1, 0.15) is 5.75 Å². The first-order valence-corrected chi connectivity index (χ1v) is 9.03. The number of benzene rings is 1. The minimum Gasteiger partial charge on any atom is -0.508 e. The van der Waals surface area contributed by atoms with Gasteiger partial charge in [0.05, 0.1) is 0 Å².